The number of benzene rings is 2. The third kappa shape index (κ3) is 4.37. The molecule has 150 valence electrons. The lowest BCUT2D eigenvalue weighted by atomic mass is 10.1. The summed E-state index contributed by atoms with van der Waals surface area (Å²) in [5.74, 6) is 1.84. The van der Waals surface area contributed by atoms with Gasteiger partial charge in [0.25, 0.3) is 0 Å². The predicted molar refractivity (Wildman–Crippen MR) is 107 cm³/mol. The van der Waals surface area contributed by atoms with Crippen LogP contribution in [0.25, 0.3) is 11.4 Å². The Hall–Kier alpha value is -3.42. The van der Waals surface area contributed by atoms with Crippen LogP contribution in [0.3, 0.4) is 0 Å². The lowest BCUT2D eigenvalue weighted by molar-refractivity contribution is -0.133. The molecule has 1 atom stereocenters. The third-order valence-electron chi connectivity index (χ3n) is 4.77. The zero-order valence-electron chi connectivity index (χ0n) is 16.5. The number of ether oxygens (including phenoxy) is 2. The van der Waals surface area contributed by atoms with Gasteiger partial charge in [-0.25, -0.2) is 0 Å². The van der Waals surface area contributed by atoms with Crippen molar-refractivity contribution in [2.24, 2.45) is 0 Å². The van der Waals surface area contributed by atoms with Crippen LogP contribution in [0, 0.1) is 6.92 Å². The predicted octanol–water partition coefficient (Wildman–Crippen LogP) is 2.34. The largest absolute Gasteiger partial charge is 0.486 e. The van der Waals surface area contributed by atoms with E-state index in [1.165, 1.54) is 4.80 Å². The molecule has 0 N–H and O–H groups in total. The molecule has 0 saturated carbocycles. The molecule has 1 aromatic heterocycles. The molecule has 0 unspecified atom stereocenters. The molecule has 1 aliphatic rings. The third-order valence-corrected chi connectivity index (χ3v) is 4.77. The van der Waals surface area contributed by atoms with Gasteiger partial charge in [-0.1, -0.05) is 42.0 Å². The van der Waals surface area contributed by atoms with Crippen LogP contribution in [0.15, 0.2) is 48.5 Å². The lowest BCUT2D eigenvalue weighted by Crippen LogP contribution is -2.44. The number of nitrogens with zero attached hydrogens (tertiary/aromatic N) is 5. The van der Waals surface area contributed by atoms with E-state index in [4.69, 9.17) is 9.47 Å². The highest BCUT2D eigenvalue weighted by molar-refractivity contribution is 5.75. The number of carbonyl (C=O) groups excluding carboxylic acids is 1. The number of tetrazole rings is 1. The minimum Gasteiger partial charge on any atom is -0.486 e. The molecule has 0 radical (unpaired) electrons. The molecule has 0 aliphatic carbocycles. The Balaban J connectivity index is 1.38. The van der Waals surface area contributed by atoms with E-state index in [2.05, 4.69) is 15.4 Å². The highest BCUT2D eigenvalue weighted by Gasteiger charge is 2.25. The molecule has 2 aromatic carbocycles. The van der Waals surface area contributed by atoms with E-state index < -0.39 is 0 Å². The van der Waals surface area contributed by atoms with E-state index in [9.17, 15) is 4.79 Å². The van der Waals surface area contributed by atoms with E-state index in [0.29, 0.717) is 31.3 Å². The van der Waals surface area contributed by atoms with Crippen molar-refractivity contribution < 1.29 is 14.3 Å². The molecule has 2 heterocycles. The summed E-state index contributed by atoms with van der Waals surface area (Å²) in [5, 5.41) is 12.4. The Bertz CT molecular complexity index is 986. The number of aryl methyl sites for hydroxylation is 1. The molecule has 3 aromatic rings. The van der Waals surface area contributed by atoms with Crippen LogP contribution in [0.4, 0.5) is 0 Å². The molecular formula is C21H23N5O3. The van der Waals surface area contributed by atoms with E-state index in [0.717, 1.165) is 16.9 Å². The van der Waals surface area contributed by atoms with Crippen LogP contribution in [-0.2, 0) is 11.3 Å². The highest BCUT2D eigenvalue weighted by atomic mass is 16.6. The number of carbonyl (C=O) groups is 1. The first-order chi connectivity index (χ1) is 14.1. The van der Waals surface area contributed by atoms with Gasteiger partial charge in [0.2, 0.25) is 11.7 Å². The molecule has 0 bridgehead atoms. The van der Waals surface area contributed by atoms with Gasteiger partial charge in [-0.05, 0) is 31.2 Å². The number of likely N-dealkylation sites (N-methyl/N-ethyl adjacent to an activating group) is 1. The Kier molecular flexibility index (Phi) is 5.41. The SMILES string of the molecule is CCN(C[C@@H]1COc2ccccc2O1)C(=O)Cn1nnc(-c2ccc(C)cc2)n1. The second-order valence-electron chi connectivity index (χ2n) is 6.94. The molecule has 1 amide bonds. The number of amides is 1. The van der Waals surface area contributed by atoms with Gasteiger partial charge in [-0.2, -0.15) is 4.80 Å². The summed E-state index contributed by atoms with van der Waals surface area (Å²) in [5.41, 5.74) is 2.03. The van der Waals surface area contributed by atoms with Crippen molar-refractivity contribution >= 4 is 5.91 Å². The summed E-state index contributed by atoms with van der Waals surface area (Å²) in [4.78, 5) is 15.8. The zero-order valence-corrected chi connectivity index (χ0v) is 16.5. The fraction of sp³-hybridized carbons (Fsp3) is 0.333. The quantitative estimate of drug-likeness (QED) is 0.639. The standard InChI is InChI=1S/C21H23N5O3/c1-3-25(12-17-14-28-18-6-4-5-7-19(18)29-17)20(27)13-26-23-21(22-24-26)16-10-8-15(2)9-11-16/h4-11,17H,3,12-14H2,1-2H3/t17-/m1/s1. The molecular weight excluding hydrogens is 370 g/mol. The number of hydrogen-bond acceptors (Lipinski definition) is 6. The Morgan fingerprint density at radius 1 is 1.17 bits per heavy atom. The average Bonchev–Trinajstić information content (AvgIpc) is 3.20. The van der Waals surface area contributed by atoms with Crippen LogP contribution in [0.5, 0.6) is 11.5 Å². The first-order valence-corrected chi connectivity index (χ1v) is 9.63. The fourth-order valence-electron chi connectivity index (χ4n) is 3.16. The van der Waals surface area contributed by atoms with Crippen LogP contribution < -0.4 is 9.47 Å². The van der Waals surface area contributed by atoms with Gasteiger partial charge < -0.3 is 14.4 Å². The smallest absolute Gasteiger partial charge is 0.246 e. The monoisotopic (exact) mass is 393 g/mol. The summed E-state index contributed by atoms with van der Waals surface area (Å²) in [6, 6.07) is 15.4. The van der Waals surface area contributed by atoms with Crippen molar-refractivity contribution in [3.8, 4) is 22.9 Å². The molecule has 8 heteroatoms. The minimum absolute atomic E-state index is 0.0247. The maximum Gasteiger partial charge on any atom is 0.246 e. The Morgan fingerprint density at radius 3 is 2.69 bits per heavy atom. The van der Waals surface area contributed by atoms with Gasteiger partial charge in [0.1, 0.15) is 13.2 Å². The van der Waals surface area contributed by atoms with Crippen LogP contribution >= 0.6 is 0 Å². The summed E-state index contributed by atoms with van der Waals surface area (Å²) >= 11 is 0. The second kappa shape index (κ2) is 8.30. The maximum absolute atomic E-state index is 12.8. The number of fused-ring (bicyclic) bond motifs is 1. The molecule has 0 saturated heterocycles. The molecule has 8 nitrogen and oxygen atoms in total. The van der Waals surface area contributed by atoms with Crippen molar-refractivity contribution in [2.75, 3.05) is 19.7 Å². The Morgan fingerprint density at radius 2 is 1.93 bits per heavy atom. The van der Waals surface area contributed by atoms with Crippen LogP contribution in [0.1, 0.15) is 12.5 Å². The van der Waals surface area contributed by atoms with Crippen molar-refractivity contribution in [1.82, 2.24) is 25.1 Å². The van der Waals surface area contributed by atoms with Crippen molar-refractivity contribution in [3.63, 3.8) is 0 Å². The normalized spacial score (nSPS) is 15.2. The number of rotatable bonds is 6. The van der Waals surface area contributed by atoms with Crippen LogP contribution in [0.2, 0.25) is 0 Å². The van der Waals surface area contributed by atoms with Gasteiger partial charge in [-0.15, -0.1) is 10.2 Å². The van der Waals surface area contributed by atoms with Gasteiger partial charge >= 0.3 is 0 Å². The molecule has 1 aliphatic heterocycles. The first-order valence-electron chi connectivity index (χ1n) is 9.63. The number of aromatic nitrogens is 4. The molecule has 0 spiro atoms. The van der Waals surface area contributed by atoms with Crippen LogP contribution in [-0.4, -0.2) is 56.8 Å². The molecule has 29 heavy (non-hydrogen) atoms. The molecule has 0 fully saturated rings. The van der Waals surface area contributed by atoms with E-state index >= 15 is 0 Å². The maximum atomic E-state index is 12.8. The fourth-order valence-corrected chi connectivity index (χ4v) is 3.16. The number of hydrogen-bond donors (Lipinski definition) is 0. The van der Waals surface area contributed by atoms with E-state index in [-0.39, 0.29) is 18.6 Å². The second-order valence-corrected chi connectivity index (χ2v) is 6.94. The summed E-state index contributed by atoms with van der Waals surface area (Å²) in [7, 11) is 0. The summed E-state index contributed by atoms with van der Waals surface area (Å²) in [6.45, 7) is 5.37. The topological polar surface area (TPSA) is 82.4 Å². The Labute approximate surface area is 169 Å². The van der Waals surface area contributed by atoms with Gasteiger partial charge in [0.15, 0.2) is 17.6 Å². The minimum atomic E-state index is -0.222. The molecule has 4 rings (SSSR count). The van der Waals surface area contributed by atoms with E-state index in [1.807, 2.05) is 62.4 Å². The van der Waals surface area contributed by atoms with Crippen molar-refractivity contribution in [3.05, 3.63) is 54.1 Å². The summed E-state index contributed by atoms with van der Waals surface area (Å²) in [6.07, 6.45) is -0.222. The van der Waals surface area contributed by atoms with Crippen molar-refractivity contribution in [2.45, 2.75) is 26.5 Å². The van der Waals surface area contributed by atoms with Gasteiger partial charge in [-0.3, -0.25) is 4.79 Å². The average molecular weight is 393 g/mol. The summed E-state index contributed by atoms with van der Waals surface area (Å²) < 4.78 is 11.7. The lowest BCUT2D eigenvalue weighted by Gasteiger charge is -2.30. The van der Waals surface area contributed by atoms with Crippen molar-refractivity contribution in [1.29, 1.82) is 0 Å². The van der Waals surface area contributed by atoms with Gasteiger partial charge in [0.05, 0.1) is 6.54 Å². The van der Waals surface area contributed by atoms with Gasteiger partial charge in [0, 0.05) is 12.1 Å². The number of para-hydroxylation sites is 2. The van der Waals surface area contributed by atoms with E-state index in [1.54, 1.807) is 4.90 Å². The zero-order chi connectivity index (χ0) is 20.2. The first kappa shape index (κ1) is 18.9. The highest BCUT2D eigenvalue weighted by Crippen LogP contribution is 2.31.